The zero-order valence-electron chi connectivity index (χ0n) is 9.91. The zero-order valence-corrected chi connectivity index (χ0v) is 11.5. The van der Waals surface area contributed by atoms with Gasteiger partial charge in [0.1, 0.15) is 0 Å². The molecule has 3 rings (SSSR count). The van der Waals surface area contributed by atoms with Crippen LogP contribution < -0.4 is 0 Å². The molecular formula is C16H15Br. The molecule has 0 aromatic heterocycles. The molecule has 0 N–H and O–H groups in total. The summed E-state index contributed by atoms with van der Waals surface area (Å²) >= 11 is 3.70. The predicted molar refractivity (Wildman–Crippen MR) is 78.3 cm³/mol. The first-order valence-electron chi connectivity index (χ1n) is 6.20. The van der Waals surface area contributed by atoms with Crippen LogP contribution in [-0.2, 0) is 0 Å². The lowest BCUT2D eigenvalue weighted by Gasteiger charge is -2.14. The van der Waals surface area contributed by atoms with Crippen molar-refractivity contribution in [2.75, 3.05) is 0 Å². The van der Waals surface area contributed by atoms with Gasteiger partial charge in [-0.3, -0.25) is 0 Å². The molecular weight excluding hydrogens is 272 g/mol. The Morgan fingerprint density at radius 3 is 2.88 bits per heavy atom. The van der Waals surface area contributed by atoms with Crippen LogP contribution in [0.2, 0.25) is 0 Å². The molecule has 2 aromatic rings. The van der Waals surface area contributed by atoms with Crippen molar-refractivity contribution in [3.63, 3.8) is 0 Å². The van der Waals surface area contributed by atoms with Gasteiger partial charge in [-0.25, -0.2) is 0 Å². The predicted octanol–water partition coefficient (Wildman–Crippen LogP) is 5.51. The van der Waals surface area contributed by atoms with Crippen molar-refractivity contribution in [3.05, 3.63) is 52.0 Å². The van der Waals surface area contributed by atoms with Gasteiger partial charge in [0.05, 0.1) is 0 Å². The fraction of sp³-hybridized carbons (Fsp3) is 0.250. The summed E-state index contributed by atoms with van der Waals surface area (Å²) in [6.45, 7) is 2.26. The summed E-state index contributed by atoms with van der Waals surface area (Å²) in [6, 6.07) is 10.9. The van der Waals surface area contributed by atoms with Gasteiger partial charge in [0.2, 0.25) is 0 Å². The Balaban J connectivity index is 2.29. The standard InChI is InChI=1S/C16H15Br/c1-2-5-11-8-9-14-15(17)10-12-6-3-4-7-13(12)16(11)14/h3-4,6-11H,2,5H2,1H3. The molecule has 1 unspecified atom stereocenters. The van der Waals surface area contributed by atoms with Crippen LogP contribution in [0.3, 0.4) is 0 Å². The highest BCUT2D eigenvalue weighted by Gasteiger charge is 2.21. The Hall–Kier alpha value is -1.08. The Morgan fingerprint density at radius 1 is 1.24 bits per heavy atom. The second kappa shape index (κ2) is 4.30. The average molecular weight is 287 g/mol. The van der Waals surface area contributed by atoms with Crippen LogP contribution in [0, 0.1) is 0 Å². The number of fused-ring (bicyclic) bond motifs is 3. The van der Waals surface area contributed by atoms with E-state index in [1.807, 2.05) is 0 Å². The van der Waals surface area contributed by atoms with Crippen molar-refractivity contribution in [2.45, 2.75) is 25.7 Å². The minimum atomic E-state index is 0.595. The molecule has 0 bridgehead atoms. The highest BCUT2D eigenvalue weighted by atomic mass is 79.9. The van der Waals surface area contributed by atoms with Crippen molar-refractivity contribution in [1.82, 2.24) is 0 Å². The third-order valence-corrected chi connectivity index (χ3v) is 4.20. The quantitative estimate of drug-likeness (QED) is 0.683. The van der Waals surface area contributed by atoms with Crippen molar-refractivity contribution in [1.29, 1.82) is 0 Å². The average Bonchev–Trinajstić information content (AvgIpc) is 2.75. The molecule has 0 saturated carbocycles. The monoisotopic (exact) mass is 286 g/mol. The minimum Gasteiger partial charge on any atom is -0.0763 e. The second-order valence-corrected chi connectivity index (χ2v) is 5.52. The summed E-state index contributed by atoms with van der Waals surface area (Å²) < 4.78 is 1.22. The Bertz CT molecular complexity index is 596. The SMILES string of the molecule is CCCC1C=Cc2c(Br)cc3ccccc3c21. The fourth-order valence-corrected chi connectivity index (χ4v) is 3.38. The van der Waals surface area contributed by atoms with E-state index in [-0.39, 0.29) is 0 Å². The van der Waals surface area contributed by atoms with Crippen molar-refractivity contribution in [2.24, 2.45) is 0 Å². The Labute approximate surface area is 110 Å². The highest BCUT2D eigenvalue weighted by molar-refractivity contribution is 9.10. The van der Waals surface area contributed by atoms with E-state index in [0.29, 0.717) is 5.92 Å². The van der Waals surface area contributed by atoms with Crippen LogP contribution in [-0.4, -0.2) is 0 Å². The number of hydrogen-bond acceptors (Lipinski definition) is 0. The Kier molecular flexibility index (Phi) is 2.79. The second-order valence-electron chi connectivity index (χ2n) is 4.66. The van der Waals surface area contributed by atoms with E-state index in [2.05, 4.69) is 65.3 Å². The molecule has 0 fully saturated rings. The molecule has 86 valence electrons. The van der Waals surface area contributed by atoms with Gasteiger partial charge in [-0.05, 0) is 34.4 Å². The number of benzene rings is 2. The van der Waals surface area contributed by atoms with Crippen LogP contribution in [0.5, 0.6) is 0 Å². The van der Waals surface area contributed by atoms with Gasteiger partial charge < -0.3 is 0 Å². The van der Waals surface area contributed by atoms with Gasteiger partial charge >= 0.3 is 0 Å². The van der Waals surface area contributed by atoms with E-state index in [9.17, 15) is 0 Å². The molecule has 0 spiro atoms. The smallest absolute Gasteiger partial charge is 0.0256 e. The zero-order chi connectivity index (χ0) is 11.8. The van der Waals surface area contributed by atoms with E-state index in [0.717, 1.165) is 0 Å². The number of halogens is 1. The van der Waals surface area contributed by atoms with Crippen molar-refractivity contribution in [3.8, 4) is 0 Å². The molecule has 0 saturated heterocycles. The minimum absolute atomic E-state index is 0.595. The van der Waals surface area contributed by atoms with Gasteiger partial charge in [0.25, 0.3) is 0 Å². The third-order valence-electron chi connectivity index (χ3n) is 3.55. The van der Waals surface area contributed by atoms with Crippen molar-refractivity contribution < 1.29 is 0 Å². The van der Waals surface area contributed by atoms with Gasteiger partial charge in [0, 0.05) is 10.4 Å². The van der Waals surface area contributed by atoms with E-state index < -0.39 is 0 Å². The molecule has 2 aromatic carbocycles. The highest BCUT2D eigenvalue weighted by Crippen LogP contribution is 2.42. The summed E-state index contributed by atoms with van der Waals surface area (Å²) in [4.78, 5) is 0. The summed E-state index contributed by atoms with van der Waals surface area (Å²) in [5.74, 6) is 0.595. The summed E-state index contributed by atoms with van der Waals surface area (Å²) in [5.41, 5.74) is 2.89. The first kappa shape index (κ1) is 11.0. The summed E-state index contributed by atoms with van der Waals surface area (Å²) in [7, 11) is 0. The first-order chi connectivity index (χ1) is 8.31. The molecule has 0 heterocycles. The number of allylic oxidation sites excluding steroid dienone is 1. The van der Waals surface area contributed by atoms with E-state index in [1.54, 1.807) is 0 Å². The van der Waals surface area contributed by atoms with Gasteiger partial charge in [0.15, 0.2) is 0 Å². The lowest BCUT2D eigenvalue weighted by molar-refractivity contribution is 0.729. The normalized spacial score (nSPS) is 17.6. The molecule has 17 heavy (non-hydrogen) atoms. The lowest BCUT2D eigenvalue weighted by atomic mass is 9.91. The molecule has 0 radical (unpaired) electrons. The van der Waals surface area contributed by atoms with E-state index >= 15 is 0 Å². The molecule has 1 heteroatoms. The first-order valence-corrected chi connectivity index (χ1v) is 7.00. The molecule has 0 nitrogen and oxygen atoms in total. The van der Waals surface area contributed by atoms with Crippen LogP contribution in [0.25, 0.3) is 16.8 Å². The van der Waals surface area contributed by atoms with E-state index in [4.69, 9.17) is 0 Å². The molecule has 1 atom stereocenters. The third kappa shape index (κ3) is 1.73. The fourth-order valence-electron chi connectivity index (χ4n) is 2.79. The van der Waals surface area contributed by atoms with Crippen LogP contribution in [0.1, 0.15) is 36.8 Å². The Morgan fingerprint density at radius 2 is 2.06 bits per heavy atom. The summed E-state index contributed by atoms with van der Waals surface area (Å²) in [5, 5.41) is 2.75. The molecule has 0 aliphatic heterocycles. The maximum atomic E-state index is 3.70. The number of hydrogen-bond donors (Lipinski definition) is 0. The maximum Gasteiger partial charge on any atom is 0.0256 e. The van der Waals surface area contributed by atoms with Crippen molar-refractivity contribution >= 4 is 32.8 Å². The molecule has 1 aliphatic rings. The van der Waals surface area contributed by atoms with E-state index in [1.165, 1.54) is 39.2 Å². The van der Waals surface area contributed by atoms with Gasteiger partial charge in [-0.1, -0.05) is 65.7 Å². The summed E-state index contributed by atoms with van der Waals surface area (Å²) in [6.07, 6.45) is 7.09. The van der Waals surface area contributed by atoms with Crippen LogP contribution >= 0.6 is 15.9 Å². The van der Waals surface area contributed by atoms with Gasteiger partial charge in [-0.15, -0.1) is 0 Å². The van der Waals surface area contributed by atoms with Crippen LogP contribution in [0.4, 0.5) is 0 Å². The van der Waals surface area contributed by atoms with Gasteiger partial charge in [-0.2, -0.15) is 0 Å². The van der Waals surface area contributed by atoms with Crippen LogP contribution in [0.15, 0.2) is 40.9 Å². The molecule has 0 amide bonds. The molecule has 1 aliphatic carbocycles. The lowest BCUT2D eigenvalue weighted by Crippen LogP contribution is -1.95. The maximum absolute atomic E-state index is 3.70. The number of rotatable bonds is 2. The topological polar surface area (TPSA) is 0 Å². The largest absolute Gasteiger partial charge is 0.0763 e.